The fraction of sp³-hybridized carbons (Fsp3) is 0.455. The maximum absolute atomic E-state index is 11.8. The summed E-state index contributed by atoms with van der Waals surface area (Å²) >= 11 is 5.96. The molecule has 1 aromatic carbocycles. The van der Waals surface area contributed by atoms with Crippen molar-refractivity contribution in [3.8, 4) is 0 Å². The molecule has 0 aromatic heterocycles. The zero-order chi connectivity index (χ0) is 10.8. The zero-order valence-corrected chi connectivity index (χ0v) is 10.2. The third-order valence-corrected chi connectivity index (χ3v) is 4.34. The van der Waals surface area contributed by atoms with E-state index in [9.17, 15) is 4.21 Å². The van der Waals surface area contributed by atoms with Gasteiger partial charge >= 0.3 is 0 Å². The molecule has 1 aliphatic heterocycles. The number of nitrogens with one attached hydrogen (secondary N) is 1. The number of hydrogen-bond acceptors (Lipinski definition) is 2. The van der Waals surface area contributed by atoms with Crippen LogP contribution in [0.5, 0.6) is 0 Å². The fourth-order valence-electron chi connectivity index (χ4n) is 1.95. The summed E-state index contributed by atoms with van der Waals surface area (Å²) in [6.07, 6.45) is 0.924. The Kier molecular flexibility index (Phi) is 3.44. The molecule has 2 rings (SSSR count). The Hall–Kier alpha value is -0.380. The van der Waals surface area contributed by atoms with Crippen molar-refractivity contribution in [1.29, 1.82) is 0 Å². The summed E-state index contributed by atoms with van der Waals surface area (Å²) in [5.41, 5.74) is 1.11. The van der Waals surface area contributed by atoms with Crippen molar-refractivity contribution >= 4 is 22.4 Å². The maximum Gasteiger partial charge on any atom is 0.0533 e. The highest BCUT2D eigenvalue weighted by molar-refractivity contribution is 7.85. The van der Waals surface area contributed by atoms with Crippen LogP contribution in [0.2, 0.25) is 5.02 Å². The molecular weight excluding hydrogens is 230 g/mol. The predicted octanol–water partition coefficient (Wildman–Crippen LogP) is 2.50. The van der Waals surface area contributed by atoms with Crippen molar-refractivity contribution in [2.24, 2.45) is 0 Å². The minimum Gasteiger partial charge on any atom is -0.310 e. The van der Waals surface area contributed by atoms with Crippen molar-refractivity contribution in [1.82, 2.24) is 5.32 Å². The summed E-state index contributed by atoms with van der Waals surface area (Å²) in [7, 11) is -0.846. The van der Waals surface area contributed by atoms with Gasteiger partial charge < -0.3 is 5.32 Å². The molecule has 0 radical (unpaired) electrons. The van der Waals surface area contributed by atoms with E-state index in [0.717, 1.165) is 34.2 Å². The summed E-state index contributed by atoms with van der Waals surface area (Å²) in [5.74, 6) is 0.742. The third kappa shape index (κ3) is 2.25. The van der Waals surface area contributed by atoms with E-state index in [-0.39, 0.29) is 0 Å². The molecule has 4 heteroatoms. The van der Waals surface area contributed by atoms with Crippen LogP contribution in [-0.4, -0.2) is 16.5 Å². The van der Waals surface area contributed by atoms with Gasteiger partial charge in [-0.1, -0.05) is 18.5 Å². The van der Waals surface area contributed by atoms with Crippen LogP contribution in [0.15, 0.2) is 23.1 Å². The monoisotopic (exact) mass is 243 g/mol. The van der Waals surface area contributed by atoms with Crippen molar-refractivity contribution in [2.45, 2.75) is 24.3 Å². The van der Waals surface area contributed by atoms with Gasteiger partial charge in [0.15, 0.2) is 0 Å². The third-order valence-electron chi connectivity index (χ3n) is 2.63. The first-order valence-corrected chi connectivity index (χ1v) is 6.83. The zero-order valence-electron chi connectivity index (χ0n) is 8.63. The van der Waals surface area contributed by atoms with Crippen molar-refractivity contribution in [3.05, 3.63) is 28.8 Å². The van der Waals surface area contributed by atoms with Gasteiger partial charge in [-0.05, 0) is 36.7 Å². The molecule has 2 nitrogen and oxygen atoms in total. The summed E-state index contributed by atoms with van der Waals surface area (Å²) in [6, 6.07) is 5.94. The number of fused-ring (bicyclic) bond motifs is 1. The number of halogens is 1. The molecule has 1 aromatic rings. The van der Waals surface area contributed by atoms with Crippen LogP contribution in [0.4, 0.5) is 0 Å². The van der Waals surface area contributed by atoms with E-state index in [4.69, 9.17) is 11.6 Å². The summed E-state index contributed by atoms with van der Waals surface area (Å²) in [6.45, 7) is 3.00. The molecule has 1 heterocycles. The van der Waals surface area contributed by atoms with Gasteiger partial charge in [-0.15, -0.1) is 0 Å². The van der Waals surface area contributed by atoms with Gasteiger partial charge in [0.1, 0.15) is 0 Å². The van der Waals surface area contributed by atoms with E-state index >= 15 is 0 Å². The van der Waals surface area contributed by atoms with E-state index in [2.05, 4.69) is 12.2 Å². The SMILES string of the molecule is CCNC1CCS(=O)c2ccc(Cl)cc21. The Morgan fingerprint density at radius 2 is 2.40 bits per heavy atom. The second-order valence-corrected chi connectivity index (χ2v) is 5.61. The van der Waals surface area contributed by atoms with E-state index < -0.39 is 10.8 Å². The van der Waals surface area contributed by atoms with Gasteiger partial charge in [0.2, 0.25) is 0 Å². The quantitative estimate of drug-likeness (QED) is 0.865. The summed E-state index contributed by atoms with van der Waals surface area (Å²) < 4.78 is 11.8. The van der Waals surface area contributed by atoms with Crippen molar-refractivity contribution in [2.75, 3.05) is 12.3 Å². The molecule has 0 bridgehead atoms. The summed E-state index contributed by atoms with van der Waals surface area (Å²) in [5, 5.41) is 4.11. The van der Waals surface area contributed by atoms with E-state index in [1.807, 2.05) is 18.2 Å². The molecule has 82 valence electrons. The lowest BCUT2D eigenvalue weighted by molar-refractivity contribution is 0.520. The van der Waals surface area contributed by atoms with Crippen LogP contribution in [0.1, 0.15) is 24.9 Å². The number of hydrogen-bond donors (Lipinski definition) is 1. The highest BCUT2D eigenvalue weighted by Crippen LogP contribution is 2.31. The molecule has 1 N–H and O–H groups in total. The molecule has 0 amide bonds. The first kappa shape index (κ1) is 11.1. The van der Waals surface area contributed by atoms with Crippen LogP contribution in [0, 0.1) is 0 Å². The van der Waals surface area contributed by atoms with E-state index in [1.165, 1.54) is 0 Å². The van der Waals surface area contributed by atoms with Crippen molar-refractivity contribution in [3.63, 3.8) is 0 Å². The largest absolute Gasteiger partial charge is 0.310 e. The van der Waals surface area contributed by atoms with Gasteiger partial charge in [-0.25, -0.2) is 0 Å². The average molecular weight is 244 g/mol. The average Bonchev–Trinajstić information content (AvgIpc) is 2.22. The second kappa shape index (κ2) is 4.64. The van der Waals surface area contributed by atoms with Gasteiger partial charge in [0, 0.05) is 21.7 Å². The molecule has 0 aliphatic carbocycles. The van der Waals surface area contributed by atoms with E-state index in [1.54, 1.807) is 0 Å². The van der Waals surface area contributed by atoms with Crippen molar-refractivity contribution < 1.29 is 4.21 Å². The topological polar surface area (TPSA) is 29.1 Å². The fourth-order valence-corrected chi connectivity index (χ4v) is 3.48. The lowest BCUT2D eigenvalue weighted by atomic mass is 10.0. The van der Waals surface area contributed by atoms with Crippen LogP contribution in [0.25, 0.3) is 0 Å². The minimum absolute atomic E-state index is 0.307. The molecule has 0 saturated carbocycles. The highest BCUT2D eigenvalue weighted by atomic mass is 35.5. The molecule has 1 aliphatic rings. The number of benzene rings is 1. The first-order chi connectivity index (χ1) is 7.22. The molecule has 2 unspecified atom stereocenters. The Bertz CT molecular complexity index is 394. The normalized spacial score (nSPS) is 24.9. The molecule has 0 spiro atoms. The summed E-state index contributed by atoms with van der Waals surface area (Å²) in [4.78, 5) is 0.941. The second-order valence-electron chi connectivity index (χ2n) is 3.63. The van der Waals surface area contributed by atoms with Gasteiger partial charge in [0.25, 0.3) is 0 Å². The lowest BCUT2D eigenvalue weighted by Gasteiger charge is -2.25. The van der Waals surface area contributed by atoms with Gasteiger partial charge in [-0.3, -0.25) is 4.21 Å². The minimum atomic E-state index is -0.846. The predicted molar refractivity (Wildman–Crippen MR) is 63.8 cm³/mol. The molecule has 0 fully saturated rings. The molecule has 2 atom stereocenters. The standard InChI is InChI=1S/C11H14ClNOS/c1-2-13-10-5-6-15(14)11-4-3-8(12)7-9(10)11/h3-4,7,10,13H,2,5-6H2,1H3. The maximum atomic E-state index is 11.8. The molecule has 15 heavy (non-hydrogen) atoms. The van der Waals surface area contributed by atoms with Gasteiger partial charge in [0.05, 0.1) is 10.8 Å². The Morgan fingerprint density at radius 3 is 3.13 bits per heavy atom. The van der Waals surface area contributed by atoms with Crippen LogP contribution < -0.4 is 5.32 Å². The Balaban J connectivity index is 2.42. The Morgan fingerprint density at radius 1 is 1.60 bits per heavy atom. The van der Waals surface area contributed by atoms with E-state index in [0.29, 0.717) is 6.04 Å². The van der Waals surface area contributed by atoms with Gasteiger partial charge in [-0.2, -0.15) is 0 Å². The lowest BCUT2D eigenvalue weighted by Crippen LogP contribution is -2.27. The van der Waals surface area contributed by atoms with Crippen LogP contribution in [-0.2, 0) is 10.8 Å². The van der Waals surface area contributed by atoms with Crippen LogP contribution >= 0.6 is 11.6 Å². The number of rotatable bonds is 2. The van der Waals surface area contributed by atoms with Crippen LogP contribution in [0.3, 0.4) is 0 Å². The smallest absolute Gasteiger partial charge is 0.0533 e. The first-order valence-electron chi connectivity index (χ1n) is 5.13. The highest BCUT2D eigenvalue weighted by Gasteiger charge is 2.24. The molecular formula is C11H14ClNOS. The molecule has 0 saturated heterocycles. The Labute approximate surface area is 97.5 Å².